The summed E-state index contributed by atoms with van der Waals surface area (Å²) in [7, 11) is -4.19. The summed E-state index contributed by atoms with van der Waals surface area (Å²) >= 11 is 6.11. The minimum Gasteiger partial charge on any atom is -0.467 e. The number of primary sulfonamides is 1. The lowest BCUT2D eigenvalue weighted by atomic mass is 10.0. The molecule has 3 rings (SSSR count). The Bertz CT molecular complexity index is 1620. The molecule has 0 radical (unpaired) electrons. The van der Waals surface area contributed by atoms with Crippen LogP contribution < -0.4 is 15.8 Å². The summed E-state index contributed by atoms with van der Waals surface area (Å²) < 4.78 is 66.7. The molecule has 0 saturated carbocycles. The third kappa shape index (κ3) is 12.4. The molecule has 0 aliphatic heterocycles. The van der Waals surface area contributed by atoms with Crippen LogP contribution in [0, 0.1) is 11.6 Å². The Morgan fingerprint density at radius 3 is 2.32 bits per heavy atom. The highest BCUT2D eigenvalue weighted by Gasteiger charge is 2.22. The molecule has 0 aliphatic rings. The van der Waals surface area contributed by atoms with Crippen molar-refractivity contribution < 1.29 is 45.5 Å². The number of benzene rings is 2. The Morgan fingerprint density at radius 2 is 1.66 bits per heavy atom. The number of halogens is 3. The quantitative estimate of drug-likeness (QED) is 0.0796. The molecule has 3 aromatic rings. The number of carbonyl (C=O) groups is 3. The van der Waals surface area contributed by atoms with E-state index in [1.54, 1.807) is 26.0 Å². The average molecular weight is 698 g/mol. The molecule has 15 heteroatoms. The standard InChI is InChI=1S/C32H38ClF2N3O8S/c1-20(38-21(2)31(40)22-13-23(34)15-24(35)14-22)19-46-30(39)10-6-4-3-5-7-11-45-32(41)26-16-29(47(36,42)43)27(33)17-28(26)37-18-25-9-8-12-44-25/h8-9,12-17,20-21,37-38H,3-7,10-11,18-19H2,1-2H3,(H2,36,42,43)/t20-,21-/m1/s1. The number of ether oxygens (including phenoxy) is 2. The average Bonchev–Trinajstić information content (AvgIpc) is 3.52. The highest BCUT2D eigenvalue weighted by Crippen LogP contribution is 2.29. The van der Waals surface area contributed by atoms with Gasteiger partial charge in [-0.2, -0.15) is 0 Å². The lowest BCUT2D eigenvalue weighted by molar-refractivity contribution is -0.144. The SMILES string of the molecule is C[C@H](COC(=O)CCCCCCCOC(=O)c1cc(S(N)(=O)=O)c(Cl)cc1NCc1ccco1)N[C@H](C)C(=O)c1cc(F)cc(F)c1. The first-order chi connectivity index (χ1) is 22.2. The summed E-state index contributed by atoms with van der Waals surface area (Å²) in [6, 6.07) is 7.30. The minimum atomic E-state index is -4.19. The van der Waals surface area contributed by atoms with Gasteiger partial charge in [-0.25, -0.2) is 27.1 Å². The smallest absolute Gasteiger partial charge is 0.340 e. The van der Waals surface area contributed by atoms with Crippen LogP contribution in [-0.2, 0) is 30.8 Å². The number of hydrogen-bond donors (Lipinski definition) is 3. The largest absolute Gasteiger partial charge is 0.467 e. The molecule has 0 bridgehead atoms. The summed E-state index contributed by atoms with van der Waals surface area (Å²) in [6.07, 6.45) is 5.06. The van der Waals surface area contributed by atoms with E-state index in [1.807, 2.05) is 0 Å². The number of ketones is 1. The van der Waals surface area contributed by atoms with Gasteiger partial charge in [-0.3, -0.25) is 9.59 Å². The number of unbranched alkanes of at least 4 members (excludes halogenated alkanes) is 4. The maximum Gasteiger partial charge on any atom is 0.340 e. The van der Waals surface area contributed by atoms with Crippen molar-refractivity contribution >= 4 is 45.0 Å². The molecule has 0 aliphatic carbocycles. The maximum atomic E-state index is 13.4. The van der Waals surface area contributed by atoms with E-state index in [0.717, 1.165) is 37.5 Å². The van der Waals surface area contributed by atoms with E-state index >= 15 is 0 Å². The Hall–Kier alpha value is -3.85. The number of Topliss-reactive ketones (excluding diaryl/α,β-unsaturated/α-hetero) is 1. The fourth-order valence-corrected chi connectivity index (χ4v) is 5.71. The molecule has 47 heavy (non-hydrogen) atoms. The van der Waals surface area contributed by atoms with Gasteiger partial charge in [0.2, 0.25) is 10.0 Å². The molecule has 0 spiro atoms. The number of nitrogens with one attached hydrogen (secondary N) is 2. The Balaban J connectivity index is 1.33. The second-order valence-corrected chi connectivity index (χ2v) is 12.9. The van der Waals surface area contributed by atoms with E-state index in [9.17, 15) is 31.6 Å². The molecule has 1 heterocycles. The predicted molar refractivity (Wildman–Crippen MR) is 171 cm³/mol. The number of sulfonamides is 1. The Kier molecular flexibility index (Phi) is 14.3. The van der Waals surface area contributed by atoms with E-state index < -0.39 is 50.3 Å². The Morgan fingerprint density at radius 1 is 0.979 bits per heavy atom. The minimum absolute atomic E-state index is 0.0196. The summed E-state index contributed by atoms with van der Waals surface area (Å²) in [5.41, 5.74) is 0.120. The van der Waals surface area contributed by atoms with Gasteiger partial charge in [0.05, 0.1) is 41.7 Å². The molecule has 256 valence electrons. The zero-order chi connectivity index (χ0) is 34.6. The Labute approximate surface area is 277 Å². The van der Waals surface area contributed by atoms with E-state index in [-0.39, 0.29) is 54.1 Å². The second-order valence-electron chi connectivity index (χ2n) is 11.0. The maximum absolute atomic E-state index is 13.4. The lowest BCUT2D eigenvalue weighted by Gasteiger charge is -2.19. The van der Waals surface area contributed by atoms with E-state index in [4.69, 9.17) is 30.6 Å². The first-order valence-corrected chi connectivity index (χ1v) is 16.9. The molecule has 2 atom stereocenters. The summed E-state index contributed by atoms with van der Waals surface area (Å²) in [5.74, 6) is -2.73. The van der Waals surface area contributed by atoms with E-state index in [0.29, 0.717) is 24.7 Å². The molecule has 11 nitrogen and oxygen atoms in total. The fourth-order valence-electron chi connectivity index (χ4n) is 4.61. The second kappa shape index (κ2) is 17.9. The van der Waals surface area contributed by atoms with Crippen LogP contribution in [0.5, 0.6) is 0 Å². The molecule has 0 saturated heterocycles. The van der Waals surface area contributed by atoms with Crippen LogP contribution in [0.25, 0.3) is 0 Å². The molecule has 0 amide bonds. The van der Waals surface area contributed by atoms with Crippen molar-refractivity contribution in [3.63, 3.8) is 0 Å². The van der Waals surface area contributed by atoms with Crippen molar-refractivity contribution in [3.05, 3.63) is 82.3 Å². The zero-order valence-corrected chi connectivity index (χ0v) is 27.6. The number of rotatable bonds is 19. The van der Waals surface area contributed by atoms with Crippen LogP contribution in [-0.4, -0.2) is 51.4 Å². The number of furan rings is 1. The van der Waals surface area contributed by atoms with Crippen LogP contribution >= 0.6 is 11.6 Å². The molecule has 0 fully saturated rings. The monoisotopic (exact) mass is 697 g/mol. The summed E-state index contributed by atoms with van der Waals surface area (Å²) in [5, 5.41) is 11.1. The summed E-state index contributed by atoms with van der Waals surface area (Å²) in [6.45, 7) is 3.60. The van der Waals surface area contributed by atoms with Gasteiger partial charge in [0.1, 0.15) is 28.9 Å². The first kappa shape index (κ1) is 37.6. The molecular weight excluding hydrogens is 660 g/mol. The fraction of sp³-hybridized carbons (Fsp3) is 0.406. The number of nitrogens with two attached hydrogens (primary N) is 1. The predicted octanol–water partition coefficient (Wildman–Crippen LogP) is 5.76. The van der Waals surface area contributed by atoms with Gasteiger partial charge in [0, 0.05) is 24.1 Å². The van der Waals surface area contributed by atoms with Crippen LogP contribution in [0.1, 0.15) is 78.8 Å². The van der Waals surface area contributed by atoms with Crippen LogP contribution in [0.3, 0.4) is 0 Å². The molecule has 2 aromatic carbocycles. The van der Waals surface area contributed by atoms with Crippen LogP contribution in [0.4, 0.5) is 14.5 Å². The number of hydrogen-bond acceptors (Lipinski definition) is 10. The number of anilines is 1. The third-order valence-electron chi connectivity index (χ3n) is 6.96. The van der Waals surface area contributed by atoms with Crippen molar-refractivity contribution in [2.45, 2.75) is 75.9 Å². The van der Waals surface area contributed by atoms with Gasteiger partial charge in [0.15, 0.2) is 5.78 Å². The van der Waals surface area contributed by atoms with Crippen LogP contribution in [0.2, 0.25) is 5.02 Å². The van der Waals surface area contributed by atoms with Gasteiger partial charge >= 0.3 is 11.9 Å². The van der Waals surface area contributed by atoms with E-state index in [1.165, 1.54) is 12.3 Å². The zero-order valence-electron chi connectivity index (χ0n) is 26.0. The van der Waals surface area contributed by atoms with E-state index in [2.05, 4.69) is 10.6 Å². The topological polar surface area (TPSA) is 167 Å². The van der Waals surface area contributed by atoms with Crippen molar-refractivity contribution in [1.29, 1.82) is 0 Å². The van der Waals surface area contributed by atoms with Gasteiger partial charge in [-0.15, -0.1) is 0 Å². The van der Waals surface area contributed by atoms with Crippen molar-refractivity contribution in [3.8, 4) is 0 Å². The molecule has 1 aromatic heterocycles. The summed E-state index contributed by atoms with van der Waals surface area (Å²) in [4.78, 5) is 37.0. The van der Waals surface area contributed by atoms with Crippen molar-refractivity contribution in [1.82, 2.24) is 5.32 Å². The lowest BCUT2D eigenvalue weighted by Crippen LogP contribution is -2.42. The van der Waals surface area contributed by atoms with Gasteiger partial charge in [-0.1, -0.05) is 30.9 Å². The van der Waals surface area contributed by atoms with Crippen molar-refractivity contribution in [2.24, 2.45) is 5.14 Å². The van der Waals surface area contributed by atoms with Gasteiger partial charge in [0.25, 0.3) is 0 Å². The van der Waals surface area contributed by atoms with Crippen LogP contribution in [0.15, 0.2) is 58.0 Å². The molecule has 0 unspecified atom stereocenters. The highest BCUT2D eigenvalue weighted by molar-refractivity contribution is 7.89. The highest BCUT2D eigenvalue weighted by atomic mass is 35.5. The van der Waals surface area contributed by atoms with Gasteiger partial charge < -0.3 is 24.5 Å². The first-order valence-electron chi connectivity index (χ1n) is 15.0. The van der Waals surface area contributed by atoms with Gasteiger partial charge in [-0.05, 0) is 63.1 Å². The molecular formula is C32H38ClF2N3O8S. The number of carbonyl (C=O) groups excluding carboxylic acids is 3. The number of esters is 2. The molecule has 4 N–H and O–H groups in total. The van der Waals surface area contributed by atoms with Crippen molar-refractivity contribution in [2.75, 3.05) is 18.5 Å². The third-order valence-corrected chi connectivity index (χ3v) is 8.33. The normalized spacial score (nSPS) is 12.7.